The van der Waals surface area contributed by atoms with Crippen LogP contribution in [-0.4, -0.2) is 11.1 Å². The number of hydrogen-bond donors (Lipinski definition) is 1. The molecule has 0 aromatic carbocycles. The molecule has 94 valence electrons. The lowest BCUT2D eigenvalue weighted by Gasteiger charge is -2.19. The number of fused-ring (bicyclic) bond motifs is 1. The average molecular weight is 288 g/mol. The molecular weight excluding hydrogens is 270 g/mol. The lowest BCUT2D eigenvalue weighted by atomic mass is 9.91. The number of nitrogens with one attached hydrogen (secondary N) is 1. The van der Waals surface area contributed by atoms with Gasteiger partial charge in [0, 0.05) is 25.1 Å². The van der Waals surface area contributed by atoms with Crippen LogP contribution in [0.15, 0.2) is 16.9 Å². The van der Waals surface area contributed by atoms with Crippen LogP contribution in [0.4, 0.5) is 5.69 Å². The minimum absolute atomic E-state index is 0. The molecule has 2 heterocycles. The van der Waals surface area contributed by atoms with Gasteiger partial charge in [0.2, 0.25) is 0 Å². The number of nitrogens with zero attached hydrogens (tertiary/aromatic N) is 1. The summed E-state index contributed by atoms with van der Waals surface area (Å²) >= 11 is 0. The molecule has 1 aliphatic heterocycles. The molecule has 1 aromatic heterocycles. The standard InChI is InChI=1S/C10H14N2O.3ClH/c1-10(2)6-11-7-4-5-8(13)12(3)9(7)10;;;/h4-5,11H,6H2,1-3H3;3*1H. The van der Waals surface area contributed by atoms with Crippen LogP contribution in [0.5, 0.6) is 0 Å². The van der Waals surface area contributed by atoms with Crippen LogP contribution in [0.25, 0.3) is 0 Å². The Kier molecular flexibility index (Phi) is 6.53. The number of rotatable bonds is 0. The first-order valence-corrected chi connectivity index (χ1v) is 4.47. The fourth-order valence-corrected chi connectivity index (χ4v) is 2.00. The molecule has 0 atom stereocenters. The summed E-state index contributed by atoms with van der Waals surface area (Å²) < 4.78 is 1.73. The number of pyridine rings is 1. The first kappa shape index (κ1) is 18.0. The highest BCUT2D eigenvalue weighted by Gasteiger charge is 2.31. The van der Waals surface area contributed by atoms with Crippen molar-refractivity contribution in [1.29, 1.82) is 0 Å². The Labute approximate surface area is 114 Å². The molecule has 0 spiro atoms. The lowest BCUT2D eigenvalue weighted by molar-refractivity contribution is 0.536. The van der Waals surface area contributed by atoms with Gasteiger partial charge < -0.3 is 9.88 Å². The van der Waals surface area contributed by atoms with Gasteiger partial charge in [-0.1, -0.05) is 13.8 Å². The summed E-state index contributed by atoms with van der Waals surface area (Å²) in [5, 5.41) is 3.30. The van der Waals surface area contributed by atoms with E-state index in [4.69, 9.17) is 0 Å². The van der Waals surface area contributed by atoms with Gasteiger partial charge in [-0.15, -0.1) is 37.2 Å². The normalized spacial score (nSPS) is 14.7. The van der Waals surface area contributed by atoms with E-state index in [0.29, 0.717) is 0 Å². The van der Waals surface area contributed by atoms with Crippen LogP contribution in [-0.2, 0) is 12.5 Å². The maximum absolute atomic E-state index is 11.4. The first-order chi connectivity index (χ1) is 6.02. The van der Waals surface area contributed by atoms with Crippen molar-refractivity contribution in [1.82, 2.24) is 4.57 Å². The molecular formula is C10H17Cl3N2O. The van der Waals surface area contributed by atoms with Crippen LogP contribution >= 0.6 is 37.2 Å². The number of anilines is 1. The highest BCUT2D eigenvalue weighted by molar-refractivity contribution is 5.86. The van der Waals surface area contributed by atoms with Gasteiger partial charge in [0.15, 0.2) is 0 Å². The molecule has 0 saturated heterocycles. The fraction of sp³-hybridized carbons (Fsp3) is 0.500. The zero-order chi connectivity index (χ0) is 9.64. The SMILES string of the molecule is Cl.Cl.Cl.Cn1c2c(ccc1=O)NCC2(C)C. The fourth-order valence-electron chi connectivity index (χ4n) is 2.00. The molecule has 1 aromatic rings. The largest absolute Gasteiger partial charge is 0.383 e. The predicted octanol–water partition coefficient (Wildman–Crippen LogP) is 2.35. The van der Waals surface area contributed by atoms with E-state index in [9.17, 15) is 4.79 Å². The molecule has 1 N–H and O–H groups in total. The average Bonchev–Trinajstić information content (AvgIpc) is 2.35. The summed E-state index contributed by atoms with van der Waals surface area (Å²) in [4.78, 5) is 11.4. The highest BCUT2D eigenvalue weighted by Crippen LogP contribution is 2.34. The minimum Gasteiger partial charge on any atom is -0.383 e. The molecule has 0 aliphatic carbocycles. The summed E-state index contributed by atoms with van der Waals surface area (Å²) in [6, 6.07) is 3.47. The zero-order valence-corrected chi connectivity index (χ0v) is 11.9. The van der Waals surface area contributed by atoms with Gasteiger partial charge >= 0.3 is 0 Å². The van der Waals surface area contributed by atoms with Crippen LogP contribution in [0.3, 0.4) is 0 Å². The summed E-state index contributed by atoms with van der Waals surface area (Å²) in [5.41, 5.74) is 2.33. The van der Waals surface area contributed by atoms with Crippen LogP contribution in [0.1, 0.15) is 19.5 Å². The van der Waals surface area contributed by atoms with E-state index in [-0.39, 0.29) is 48.2 Å². The number of hydrogen-bond acceptors (Lipinski definition) is 2. The summed E-state index contributed by atoms with van der Waals surface area (Å²) in [5.74, 6) is 0. The van der Waals surface area contributed by atoms with Gasteiger partial charge in [-0.2, -0.15) is 0 Å². The minimum atomic E-state index is 0. The second-order valence-electron chi connectivity index (χ2n) is 4.23. The third-order valence-electron chi connectivity index (χ3n) is 2.68. The molecule has 0 fully saturated rings. The molecule has 0 saturated carbocycles. The first-order valence-electron chi connectivity index (χ1n) is 4.47. The third-order valence-corrected chi connectivity index (χ3v) is 2.68. The molecule has 6 heteroatoms. The van der Waals surface area contributed by atoms with E-state index < -0.39 is 0 Å². The molecule has 3 nitrogen and oxygen atoms in total. The summed E-state index contributed by atoms with van der Waals surface area (Å²) in [7, 11) is 1.83. The molecule has 0 radical (unpaired) electrons. The second-order valence-corrected chi connectivity index (χ2v) is 4.23. The van der Waals surface area contributed by atoms with Crippen molar-refractivity contribution in [2.24, 2.45) is 7.05 Å². The molecule has 0 amide bonds. The van der Waals surface area contributed by atoms with E-state index in [1.54, 1.807) is 10.6 Å². The van der Waals surface area contributed by atoms with E-state index in [1.807, 2.05) is 13.1 Å². The highest BCUT2D eigenvalue weighted by atomic mass is 35.5. The van der Waals surface area contributed by atoms with Crippen molar-refractivity contribution in [2.75, 3.05) is 11.9 Å². The topological polar surface area (TPSA) is 34.0 Å². The van der Waals surface area contributed by atoms with E-state index in [1.165, 1.54) is 0 Å². The zero-order valence-electron chi connectivity index (χ0n) is 9.44. The Bertz CT molecular complexity index is 415. The van der Waals surface area contributed by atoms with Crippen molar-refractivity contribution >= 4 is 42.9 Å². The van der Waals surface area contributed by atoms with Crippen LogP contribution in [0, 0.1) is 0 Å². The lowest BCUT2D eigenvalue weighted by Crippen LogP contribution is -2.27. The maximum Gasteiger partial charge on any atom is 0.250 e. The van der Waals surface area contributed by atoms with Crippen molar-refractivity contribution in [2.45, 2.75) is 19.3 Å². The van der Waals surface area contributed by atoms with Gasteiger partial charge in [-0.25, -0.2) is 0 Å². The van der Waals surface area contributed by atoms with E-state index in [0.717, 1.165) is 17.9 Å². The maximum atomic E-state index is 11.4. The molecule has 1 aliphatic rings. The van der Waals surface area contributed by atoms with Crippen molar-refractivity contribution < 1.29 is 0 Å². The number of halogens is 3. The van der Waals surface area contributed by atoms with Crippen molar-refractivity contribution in [3.05, 3.63) is 28.2 Å². The second kappa shape index (κ2) is 5.80. The smallest absolute Gasteiger partial charge is 0.250 e. The molecule has 0 unspecified atom stereocenters. The third kappa shape index (κ3) is 2.65. The number of aromatic nitrogens is 1. The van der Waals surface area contributed by atoms with Gasteiger partial charge in [-0.05, 0) is 6.07 Å². The van der Waals surface area contributed by atoms with Gasteiger partial charge in [-0.3, -0.25) is 4.79 Å². The van der Waals surface area contributed by atoms with E-state index >= 15 is 0 Å². The summed E-state index contributed by atoms with van der Waals surface area (Å²) in [6.07, 6.45) is 0. The van der Waals surface area contributed by atoms with Gasteiger partial charge in [0.1, 0.15) is 0 Å². The van der Waals surface area contributed by atoms with Crippen LogP contribution in [0.2, 0.25) is 0 Å². The van der Waals surface area contributed by atoms with Crippen molar-refractivity contribution in [3.63, 3.8) is 0 Å². The quantitative estimate of drug-likeness (QED) is 0.795. The molecule has 16 heavy (non-hydrogen) atoms. The Morgan fingerprint density at radius 2 is 1.81 bits per heavy atom. The van der Waals surface area contributed by atoms with Crippen LogP contribution < -0.4 is 10.9 Å². The van der Waals surface area contributed by atoms with Crippen molar-refractivity contribution in [3.8, 4) is 0 Å². The molecule has 0 bridgehead atoms. The van der Waals surface area contributed by atoms with Gasteiger partial charge in [0.05, 0.1) is 11.4 Å². The Hall–Kier alpha value is -0.380. The Morgan fingerprint density at radius 3 is 2.38 bits per heavy atom. The Morgan fingerprint density at radius 1 is 1.25 bits per heavy atom. The van der Waals surface area contributed by atoms with Gasteiger partial charge in [0.25, 0.3) is 5.56 Å². The summed E-state index contributed by atoms with van der Waals surface area (Å²) in [6.45, 7) is 5.19. The van der Waals surface area contributed by atoms with E-state index in [2.05, 4.69) is 19.2 Å². The molecule has 2 rings (SSSR count). The monoisotopic (exact) mass is 286 g/mol. The Balaban J connectivity index is 0. The predicted molar refractivity (Wildman–Crippen MR) is 74.9 cm³/mol.